The van der Waals surface area contributed by atoms with Gasteiger partial charge in [-0.3, -0.25) is 9.59 Å². The van der Waals surface area contributed by atoms with Gasteiger partial charge in [0.2, 0.25) is 5.91 Å². The van der Waals surface area contributed by atoms with Crippen LogP contribution in [0.1, 0.15) is 19.8 Å². The third kappa shape index (κ3) is 5.11. The molecule has 0 aromatic rings. The fourth-order valence-electron chi connectivity index (χ4n) is 0.756. The number of hydrogen-bond donors (Lipinski definition) is 3. The zero-order valence-corrected chi connectivity index (χ0v) is 7.86. The smallest absolute Gasteiger partial charge is 0.320 e. The fourth-order valence-corrected chi connectivity index (χ4v) is 0.756. The van der Waals surface area contributed by atoms with E-state index in [9.17, 15) is 9.59 Å². The van der Waals surface area contributed by atoms with Crippen molar-refractivity contribution in [2.75, 3.05) is 0 Å². The largest absolute Gasteiger partial charge is 0.480 e. The lowest BCUT2D eigenvalue weighted by molar-refractivity contribution is -0.138. The van der Waals surface area contributed by atoms with Gasteiger partial charge in [-0.05, 0) is 13.3 Å². The fraction of sp³-hybridized carbons (Fsp3) is 0.625. The molecular weight excluding hydrogens is 186 g/mol. The molecule has 6 nitrogen and oxygen atoms in total. The predicted molar refractivity (Wildman–Crippen MR) is 48.1 cm³/mol. The Kier molecular flexibility index (Phi) is 5.26. The van der Waals surface area contributed by atoms with Crippen LogP contribution in [0.15, 0.2) is 0 Å². The zero-order chi connectivity index (χ0) is 11.1. The molecule has 4 N–H and O–H groups in total. The molecule has 78 valence electrons. The first-order valence-corrected chi connectivity index (χ1v) is 4.14. The van der Waals surface area contributed by atoms with Crippen molar-refractivity contribution >= 4 is 11.9 Å². The van der Waals surface area contributed by atoms with E-state index in [-0.39, 0.29) is 18.7 Å². The Morgan fingerprint density at radius 1 is 1.64 bits per heavy atom. The number of rotatable bonds is 5. The molecule has 1 unspecified atom stereocenters. The number of nitrogens with zero attached hydrogens (tertiary/aromatic N) is 1. The Morgan fingerprint density at radius 2 is 2.21 bits per heavy atom. The van der Waals surface area contributed by atoms with Crippen LogP contribution in [0.25, 0.3) is 0 Å². The maximum Gasteiger partial charge on any atom is 0.320 e. The van der Waals surface area contributed by atoms with Crippen molar-refractivity contribution in [2.45, 2.75) is 31.8 Å². The average Bonchev–Trinajstić information content (AvgIpc) is 2.13. The van der Waals surface area contributed by atoms with Crippen LogP contribution in [-0.4, -0.2) is 29.1 Å². The minimum absolute atomic E-state index is 0.0134. The number of carboxylic acids is 1. The van der Waals surface area contributed by atoms with Crippen LogP contribution < -0.4 is 11.1 Å². The van der Waals surface area contributed by atoms with Gasteiger partial charge in [-0.25, -0.2) is 0 Å². The molecule has 0 bridgehead atoms. The maximum absolute atomic E-state index is 11.0. The number of amides is 1. The Balaban J connectivity index is 3.76. The van der Waals surface area contributed by atoms with E-state index in [1.807, 2.05) is 6.07 Å². The molecule has 0 radical (unpaired) electrons. The third-order valence-corrected chi connectivity index (χ3v) is 1.57. The maximum atomic E-state index is 11.0. The minimum atomic E-state index is -1.13. The van der Waals surface area contributed by atoms with Crippen molar-refractivity contribution in [3.63, 3.8) is 0 Å². The summed E-state index contributed by atoms with van der Waals surface area (Å²) in [7, 11) is 0. The quantitative estimate of drug-likeness (QED) is 0.536. The number of nitriles is 1. The molecule has 0 heterocycles. The van der Waals surface area contributed by atoms with Gasteiger partial charge >= 0.3 is 5.97 Å². The molecule has 0 saturated heterocycles. The second-order valence-electron chi connectivity index (χ2n) is 2.90. The standard InChI is InChI=1S/C8H13N3O3/c1-5(4-9)11-7(12)3-2-6(10)8(13)14/h5-6H,2-3,10H2,1H3,(H,11,12)(H,13,14)/t5?,6-/m1/s1. The summed E-state index contributed by atoms with van der Waals surface area (Å²) >= 11 is 0. The first-order valence-electron chi connectivity index (χ1n) is 4.14. The van der Waals surface area contributed by atoms with E-state index in [0.29, 0.717) is 0 Å². The summed E-state index contributed by atoms with van der Waals surface area (Å²) in [6, 6.07) is 0.231. The summed E-state index contributed by atoms with van der Waals surface area (Å²) in [6.07, 6.45) is 0.0821. The molecule has 0 aromatic heterocycles. The number of carbonyl (C=O) groups excluding carboxylic acids is 1. The van der Waals surface area contributed by atoms with Crippen LogP contribution in [0.3, 0.4) is 0 Å². The Morgan fingerprint density at radius 3 is 2.64 bits per heavy atom. The molecule has 14 heavy (non-hydrogen) atoms. The number of carboxylic acid groups (broad SMARTS) is 1. The van der Waals surface area contributed by atoms with Crippen LogP contribution in [0, 0.1) is 11.3 Å². The molecule has 0 saturated carbocycles. The van der Waals surface area contributed by atoms with Crippen LogP contribution in [0.5, 0.6) is 0 Å². The molecular formula is C8H13N3O3. The summed E-state index contributed by atoms with van der Waals surface area (Å²) in [6.45, 7) is 1.54. The van der Waals surface area contributed by atoms with Gasteiger partial charge in [-0.15, -0.1) is 0 Å². The van der Waals surface area contributed by atoms with E-state index in [4.69, 9.17) is 16.1 Å². The van der Waals surface area contributed by atoms with Crippen molar-refractivity contribution in [1.29, 1.82) is 5.26 Å². The van der Waals surface area contributed by atoms with Gasteiger partial charge in [0.1, 0.15) is 12.1 Å². The van der Waals surface area contributed by atoms with E-state index in [1.54, 1.807) is 0 Å². The number of carbonyl (C=O) groups is 2. The Hall–Kier alpha value is -1.61. The van der Waals surface area contributed by atoms with E-state index in [0.717, 1.165) is 0 Å². The highest BCUT2D eigenvalue weighted by Crippen LogP contribution is 1.95. The molecule has 2 atom stereocenters. The first kappa shape index (κ1) is 12.4. The van der Waals surface area contributed by atoms with Crippen molar-refractivity contribution < 1.29 is 14.7 Å². The average molecular weight is 199 g/mol. The SMILES string of the molecule is CC(C#N)NC(=O)CC[C@@H](N)C(=O)O. The summed E-state index contributed by atoms with van der Waals surface area (Å²) in [5, 5.41) is 19.2. The lowest BCUT2D eigenvalue weighted by Crippen LogP contribution is -2.35. The van der Waals surface area contributed by atoms with Crippen LogP contribution >= 0.6 is 0 Å². The Labute approximate surface area is 81.7 Å². The van der Waals surface area contributed by atoms with Crippen molar-refractivity contribution in [3.8, 4) is 6.07 Å². The molecule has 0 spiro atoms. The number of nitrogens with two attached hydrogens (primary N) is 1. The van der Waals surface area contributed by atoms with E-state index >= 15 is 0 Å². The van der Waals surface area contributed by atoms with Crippen molar-refractivity contribution in [2.24, 2.45) is 5.73 Å². The Bertz CT molecular complexity index is 259. The molecule has 6 heteroatoms. The van der Waals surface area contributed by atoms with Gasteiger partial charge in [0.25, 0.3) is 0 Å². The summed E-state index contributed by atoms with van der Waals surface area (Å²) in [4.78, 5) is 21.3. The third-order valence-electron chi connectivity index (χ3n) is 1.57. The molecule has 0 aromatic carbocycles. The predicted octanol–water partition coefficient (Wildman–Crippen LogP) is -0.793. The van der Waals surface area contributed by atoms with Crippen molar-refractivity contribution in [3.05, 3.63) is 0 Å². The lowest BCUT2D eigenvalue weighted by atomic mass is 10.1. The molecule has 0 aliphatic carbocycles. The van der Waals surface area contributed by atoms with Crippen LogP contribution in [0.2, 0.25) is 0 Å². The van der Waals surface area contributed by atoms with Gasteiger partial charge in [-0.2, -0.15) is 5.26 Å². The number of aliphatic carboxylic acids is 1. The van der Waals surface area contributed by atoms with Gasteiger partial charge in [0.15, 0.2) is 0 Å². The van der Waals surface area contributed by atoms with Gasteiger partial charge in [-0.1, -0.05) is 0 Å². The topological polar surface area (TPSA) is 116 Å². The van der Waals surface area contributed by atoms with Crippen LogP contribution in [0.4, 0.5) is 0 Å². The molecule has 0 fully saturated rings. The highest BCUT2D eigenvalue weighted by atomic mass is 16.4. The van der Waals surface area contributed by atoms with Crippen LogP contribution in [-0.2, 0) is 9.59 Å². The highest BCUT2D eigenvalue weighted by Gasteiger charge is 2.14. The van der Waals surface area contributed by atoms with E-state index < -0.39 is 18.1 Å². The van der Waals surface area contributed by atoms with E-state index in [2.05, 4.69) is 5.32 Å². The summed E-state index contributed by atoms with van der Waals surface area (Å²) < 4.78 is 0. The second-order valence-corrected chi connectivity index (χ2v) is 2.90. The lowest BCUT2D eigenvalue weighted by Gasteiger charge is -2.07. The summed E-state index contributed by atoms with van der Waals surface area (Å²) in [5.74, 6) is -1.50. The van der Waals surface area contributed by atoms with Gasteiger partial charge in [0, 0.05) is 6.42 Å². The first-order chi connectivity index (χ1) is 6.47. The van der Waals surface area contributed by atoms with E-state index in [1.165, 1.54) is 6.92 Å². The highest BCUT2D eigenvalue weighted by molar-refractivity contribution is 5.78. The zero-order valence-electron chi connectivity index (χ0n) is 7.86. The monoisotopic (exact) mass is 199 g/mol. The minimum Gasteiger partial charge on any atom is -0.480 e. The number of hydrogen-bond acceptors (Lipinski definition) is 4. The normalized spacial score (nSPS) is 13.8. The van der Waals surface area contributed by atoms with Crippen molar-refractivity contribution in [1.82, 2.24) is 5.32 Å². The molecule has 0 rings (SSSR count). The number of nitrogens with one attached hydrogen (secondary N) is 1. The molecule has 0 aliphatic rings. The molecule has 0 aliphatic heterocycles. The second kappa shape index (κ2) is 5.94. The molecule has 1 amide bonds. The summed E-state index contributed by atoms with van der Waals surface area (Å²) in [5.41, 5.74) is 5.18. The van der Waals surface area contributed by atoms with Gasteiger partial charge < -0.3 is 16.2 Å². The van der Waals surface area contributed by atoms with Gasteiger partial charge in [0.05, 0.1) is 6.07 Å².